The minimum absolute atomic E-state index is 0.000870. The smallest absolute Gasteiger partial charge is 0.220 e. The summed E-state index contributed by atoms with van der Waals surface area (Å²) in [6.07, 6.45) is 0.398. The normalized spacial score (nSPS) is 12.2. The molecule has 1 rings (SSSR count). The van der Waals surface area contributed by atoms with Gasteiger partial charge in [0.05, 0.1) is 0 Å². The molecule has 0 heterocycles. The topological polar surface area (TPSA) is 41.1 Å². The van der Waals surface area contributed by atoms with Crippen molar-refractivity contribution in [2.24, 2.45) is 0 Å². The lowest BCUT2D eigenvalue weighted by Crippen LogP contribution is -2.37. The Bertz CT molecular complexity index is 387. The number of carbonyl (C=O) groups excluding carboxylic acids is 1. The number of rotatable bonds is 7. The second-order valence-corrected chi connectivity index (χ2v) is 5.16. The molecular formula is C13H19FN2OS. The summed E-state index contributed by atoms with van der Waals surface area (Å²) in [6.45, 7) is 2.61. The van der Waals surface area contributed by atoms with Gasteiger partial charge < -0.3 is 10.6 Å². The third-order valence-electron chi connectivity index (χ3n) is 2.52. The number of nitrogens with one attached hydrogen (secondary N) is 2. The molecule has 0 aliphatic carbocycles. The first-order valence-corrected chi connectivity index (χ1v) is 6.93. The third kappa shape index (κ3) is 5.51. The van der Waals surface area contributed by atoms with Crippen molar-refractivity contribution in [1.29, 1.82) is 0 Å². The van der Waals surface area contributed by atoms with Gasteiger partial charge in [0.25, 0.3) is 0 Å². The molecule has 1 aromatic carbocycles. The fourth-order valence-corrected chi connectivity index (χ4v) is 2.16. The molecular weight excluding hydrogens is 251 g/mol. The van der Waals surface area contributed by atoms with Crippen LogP contribution in [0, 0.1) is 5.82 Å². The van der Waals surface area contributed by atoms with Crippen LogP contribution in [0.4, 0.5) is 4.39 Å². The molecule has 5 heteroatoms. The van der Waals surface area contributed by atoms with E-state index in [-0.39, 0.29) is 17.8 Å². The predicted octanol–water partition coefficient (Wildman–Crippen LogP) is 2.03. The zero-order valence-electron chi connectivity index (χ0n) is 10.7. The quantitative estimate of drug-likeness (QED) is 0.745. The van der Waals surface area contributed by atoms with E-state index in [1.807, 2.05) is 14.0 Å². The van der Waals surface area contributed by atoms with Crippen molar-refractivity contribution in [1.82, 2.24) is 10.6 Å². The van der Waals surface area contributed by atoms with Crippen LogP contribution in [0.3, 0.4) is 0 Å². The number of hydrogen-bond donors (Lipinski definition) is 2. The van der Waals surface area contributed by atoms with E-state index in [1.54, 1.807) is 18.2 Å². The fraction of sp³-hybridized carbons (Fsp3) is 0.462. The summed E-state index contributed by atoms with van der Waals surface area (Å²) in [5.74, 6) is 0.355. The summed E-state index contributed by atoms with van der Waals surface area (Å²) in [7, 11) is 1.85. The van der Waals surface area contributed by atoms with Crippen molar-refractivity contribution in [3.05, 3.63) is 30.1 Å². The van der Waals surface area contributed by atoms with Gasteiger partial charge in [0.15, 0.2) is 0 Å². The minimum Gasteiger partial charge on any atom is -0.355 e. The summed E-state index contributed by atoms with van der Waals surface area (Å²) in [6, 6.07) is 6.86. The van der Waals surface area contributed by atoms with Crippen molar-refractivity contribution in [3.8, 4) is 0 Å². The Morgan fingerprint density at radius 3 is 2.83 bits per heavy atom. The molecule has 100 valence electrons. The summed E-state index contributed by atoms with van der Waals surface area (Å²) in [5, 5.41) is 5.87. The Kier molecular flexibility index (Phi) is 6.75. The molecule has 1 aromatic rings. The molecule has 0 bridgehead atoms. The molecule has 0 spiro atoms. The highest BCUT2D eigenvalue weighted by molar-refractivity contribution is 7.99. The molecule has 0 saturated heterocycles. The second kappa shape index (κ2) is 8.11. The summed E-state index contributed by atoms with van der Waals surface area (Å²) >= 11 is 1.36. The van der Waals surface area contributed by atoms with Crippen LogP contribution >= 0.6 is 11.8 Å². The average molecular weight is 270 g/mol. The number of carbonyl (C=O) groups is 1. The molecule has 1 amide bonds. The summed E-state index contributed by atoms with van der Waals surface area (Å²) in [5.41, 5.74) is 0. The van der Waals surface area contributed by atoms with Gasteiger partial charge in [0.2, 0.25) is 5.91 Å². The van der Waals surface area contributed by atoms with E-state index in [1.165, 1.54) is 17.8 Å². The predicted molar refractivity (Wildman–Crippen MR) is 73.3 cm³/mol. The van der Waals surface area contributed by atoms with E-state index in [0.29, 0.717) is 23.6 Å². The maximum Gasteiger partial charge on any atom is 0.220 e. The zero-order chi connectivity index (χ0) is 13.4. The van der Waals surface area contributed by atoms with Crippen LogP contribution in [0.5, 0.6) is 0 Å². The Hall–Kier alpha value is -1.07. The van der Waals surface area contributed by atoms with E-state index in [2.05, 4.69) is 10.6 Å². The largest absolute Gasteiger partial charge is 0.355 e. The molecule has 18 heavy (non-hydrogen) atoms. The van der Waals surface area contributed by atoms with Gasteiger partial charge in [-0.25, -0.2) is 4.39 Å². The highest BCUT2D eigenvalue weighted by Crippen LogP contribution is 2.21. The molecule has 0 aliphatic rings. The molecule has 1 atom stereocenters. The van der Waals surface area contributed by atoms with Crippen LogP contribution < -0.4 is 10.6 Å². The lowest BCUT2D eigenvalue weighted by Gasteiger charge is -2.11. The Balaban J connectivity index is 2.22. The van der Waals surface area contributed by atoms with Crippen LogP contribution in [0.2, 0.25) is 0 Å². The van der Waals surface area contributed by atoms with Crippen LogP contribution in [-0.4, -0.2) is 31.3 Å². The molecule has 0 saturated carbocycles. The van der Waals surface area contributed by atoms with Crippen molar-refractivity contribution in [2.45, 2.75) is 24.3 Å². The number of halogens is 1. The molecule has 2 N–H and O–H groups in total. The average Bonchev–Trinajstić information content (AvgIpc) is 2.38. The van der Waals surface area contributed by atoms with Gasteiger partial charge in [-0.1, -0.05) is 12.1 Å². The lowest BCUT2D eigenvalue weighted by atomic mass is 10.3. The van der Waals surface area contributed by atoms with Crippen molar-refractivity contribution in [3.63, 3.8) is 0 Å². The Labute approximate surface area is 112 Å². The molecule has 0 aliphatic heterocycles. The maximum absolute atomic E-state index is 13.3. The number of hydrogen-bond acceptors (Lipinski definition) is 3. The summed E-state index contributed by atoms with van der Waals surface area (Å²) in [4.78, 5) is 12.1. The van der Waals surface area contributed by atoms with E-state index >= 15 is 0 Å². The number of likely N-dealkylation sites (N-methyl/N-ethyl adjacent to an activating group) is 1. The van der Waals surface area contributed by atoms with E-state index in [4.69, 9.17) is 0 Å². The van der Waals surface area contributed by atoms with Crippen LogP contribution in [-0.2, 0) is 4.79 Å². The number of thioether (sulfide) groups is 1. The van der Waals surface area contributed by atoms with Crippen LogP contribution in [0.15, 0.2) is 29.2 Å². The lowest BCUT2D eigenvalue weighted by molar-refractivity contribution is -0.120. The van der Waals surface area contributed by atoms with Crippen LogP contribution in [0.25, 0.3) is 0 Å². The van der Waals surface area contributed by atoms with E-state index < -0.39 is 0 Å². The van der Waals surface area contributed by atoms with Gasteiger partial charge in [-0.2, -0.15) is 0 Å². The van der Waals surface area contributed by atoms with Gasteiger partial charge in [-0.05, 0) is 26.1 Å². The Morgan fingerprint density at radius 2 is 2.17 bits per heavy atom. The number of amides is 1. The first kappa shape index (κ1) is 15.0. The standard InChI is InChI=1S/C13H19FN2OS/c1-10(15-2)9-16-13(17)7-8-18-12-6-4-3-5-11(12)14/h3-6,10,15H,7-9H2,1-2H3,(H,16,17). The highest BCUT2D eigenvalue weighted by Gasteiger charge is 2.05. The van der Waals surface area contributed by atoms with Gasteiger partial charge >= 0.3 is 0 Å². The monoisotopic (exact) mass is 270 g/mol. The minimum atomic E-state index is -0.230. The molecule has 0 fully saturated rings. The van der Waals surface area contributed by atoms with Gasteiger partial charge in [0.1, 0.15) is 5.82 Å². The van der Waals surface area contributed by atoms with Crippen molar-refractivity contribution in [2.75, 3.05) is 19.3 Å². The molecule has 0 aromatic heterocycles. The Morgan fingerprint density at radius 1 is 1.44 bits per heavy atom. The highest BCUT2D eigenvalue weighted by atomic mass is 32.2. The third-order valence-corrected chi connectivity index (χ3v) is 3.57. The van der Waals surface area contributed by atoms with Crippen molar-refractivity contribution >= 4 is 17.7 Å². The number of benzene rings is 1. The molecule has 0 radical (unpaired) electrons. The maximum atomic E-state index is 13.3. The van der Waals surface area contributed by atoms with Gasteiger partial charge in [-0.15, -0.1) is 11.8 Å². The van der Waals surface area contributed by atoms with Crippen molar-refractivity contribution < 1.29 is 9.18 Å². The summed E-state index contributed by atoms with van der Waals surface area (Å²) < 4.78 is 13.3. The van der Waals surface area contributed by atoms with Gasteiger partial charge in [0, 0.05) is 29.7 Å². The van der Waals surface area contributed by atoms with Gasteiger partial charge in [-0.3, -0.25) is 4.79 Å². The first-order valence-electron chi connectivity index (χ1n) is 5.94. The van der Waals surface area contributed by atoms with Crippen LogP contribution in [0.1, 0.15) is 13.3 Å². The molecule has 1 unspecified atom stereocenters. The zero-order valence-corrected chi connectivity index (χ0v) is 11.5. The fourth-order valence-electron chi connectivity index (χ4n) is 1.27. The first-order chi connectivity index (χ1) is 8.63. The van der Waals surface area contributed by atoms with E-state index in [0.717, 1.165) is 0 Å². The molecule has 3 nitrogen and oxygen atoms in total. The van der Waals surface area contributed by atoms with E-state index in [9.17, 15) is 9.18 Å². The SMILES string of the molecule is CNC(C)CNC(=O)CCSc1ccccc1F. The second-order valence-electron chi connectivity index (χ2n) is 4.02.